The van der Waals surface area contributed by atoms with E-state index in [0.29, 0.717) is 52.0 Å². The number of methoxy groups -OCH3 is 2. The van der Waals surface area contributed by atoms with Crippen molar-refractivity contribution in [3.63, 3.8) is 0 Å². The van der Waals surface area contributed by atoms with Gasteiger partial charge in [-0.3, -0.25) is 57.8 Å². The van der Waals surface area contributed by atoms with E-state index in [-0.39, 0.29) is 67.5 Å². The van der Waals surface area contributed by atoms with Gasteiger partial charge in [0.15, 0.2) is 0 Å². The highest BCUT2D eigenvalue weighted by molar-refractivity contribution is 8.47. The Labute approximate surface area is 786 Å². The number of thioether (sulfide) groups is 4. The van der Waals surface area contributed by atoms with Crippen LogP contribution in [0, 0.1) is 23.7 Å². The van der Waals surface area contributed by atoms with Gasteiger partial charge in [0.05, 0.1) is 63.2 Å². The molecule has 0 amide bonds. The van der Waals surface area contributed by atoms with Crippen LogP contribution in [-0.2, 0) is 70.3 Å². The highest BCUT2D eigenvalue weighted by Crippen LogP contribution is 2.46. The zero-order chi connectivity index (χ0) is 93.9. The number of hydrogen-bond donors (Lipinski definition) is 4. The molecule has 24 nitrogen and oxygen atoms in total. The Hall–Kier alpha value is -8.10. The van der Waals surface area contributed by atoms with Crippen LogP contribution in [0.5, 0.6) is 0 Å². The number of pyridine rings is 2. The molecule has 0 saturated carbocycles. The molecular formula is C98H142N6O18S6. The summed E-state index contributed by atoms with van der Waals surface area (Å²) in [5.74, 6) is -4.81. The summed E-state index contributed by atoms with van der Waals surface area (Å²) < 4.78 is 34.9. The number of hydrogen-bond acceptors (Lipinski definition) is 24. The minimum absolute atomic E-state index is 0.000363. The van der Waals surface area contributed by atoms with Crippen molar-refractivity contribution in [3.05, 3.63) is 222 Å². The van der Waals surface area contributed by atoms with Crippen molar-refractivity contribution >= 4 is 114 Å². The third kappa shape index (κ3) is 52.1. The van der Waals surface area contributed by atoms with Crippen molar-refractivity contribution in [1.29, 1.82) is 0 Å². The molecule has 0 spiro atoms. The second-order valence-corrected chi connectivity index (χ2v) is 38.7. The maximum absolute atomic E-state index is 14.1. The van der Waals surface area contributed by atoms with Gasteiger partial charge in [-0.05, 0) is 145 Å². The van der Waals surface area contributed by atoms with Gasteiger partial charge in [-0.2, -0.15) is 0 Å². The summed E-state index contributed by atoms with van der Waals surface area (Å²) in [6.45, 7) is 20.6. The molecule has 30 heteroatoms. The van der Waals surface area contributed by atoms with E-state index in [9.17, 15) is 58.2 Å². The number of ether oxygens (including phenoxy) is 6. The number of carbonyl (C=O) groups is 6. The van der Waals surface area contributed by atoms with Crippen LogP contribution in [0.1, 0.15) is 290 Å². The molecule has 4 N–H and O–H groups in total. The van der Waals surface area contributed by atoms with Gasteiger partial charge < -0.3 is 38.6 Å². The Balaban J connectivity index is 0.000000569. The maximum Gasteiger partial charge on any atom is 0.330 e. The first-order valence-corrected chi connectivity index (χ1v) is 50.0. The Bertz CT molecular complexity index is 4340. The van der Waals surface area contributed by atoms with Crippen LogP contribution in [-0.4, -0.2) is 148 Å². The Morgan fingerprint density at radius 3 is 1.12 bits per heavy atom. The first-order chi connectivity index (χ1) is 61.8. The maximum atomic E-state index is 14.1. The van der Waals surface area contributed by atoms with Gasteiger partial charge in [-0.1, -0.05) is 280 Å². The van der Waals surface area contributed by atoms with Crippen LogP contribution in [0.4, 0.5) is 0 Å². The van der Waals surface area contributed by atoms with Crippen LogP contribution in [0.15, 0.2) is 167 Å². The molecular weight excluding hydrogens is 1740 g/mol. The minimum Gasteiger partial charge on any atom is -0.481 e. The van der Waals surface area contributed by atoms with Gasteiger partial charge >= 0.3 is 47.2 Å². The lowest BCUT2D eigenvalue weighted by molar-refractivity contribution is -0.155. The molecule has 0 aliphatic heterocycles. The summed E-state index contributed by atoms with van der Waals surface area (Å²) in [7, 11) is 3.04. The fraction of sp³-hybridized carbons (Fsp3) is 0.571. The third-order valence-corrected chi connectivity index (χ3v) is 27.2. The van der Waals surface area contributed by atoms with Crippen LogP contribution in [0.3, 0.4) is 0 Å². The number of rotatable bonds is 62. The lowest BCUT2D eigenvalue weighted by Gasteiger charge is -2.29. The van der Waals surface area contributed by atoms with Crippen LogP contribution < -0.4 is 22.5 Å². The Morgan fingerprint density at radius 2 is 0.750 bits per heavy atom. The van der Waals surface area contributed by atoms with Crippen molar-refractivity contribution in [2.45, 2.75) is 270 Å². The zero-order valence-corrected chi connectivity index (χ0v) is 81.6. The normalized spacial score (nSPS) is 12.8. The van der Waals surface area contributed by atoms with E-state index >= 15 is 0 Å². The molecule has 128 heavy (non-hydrogen) atoms. The lowest BCUT2D eigenvalue weighted by atomic mass is 9.79. The van der Waals surface area contributed by atoms with Gasteiger partial charge in [-0.15, -0.1) is 23.5 Å². The third-order valence-electron chi connectivity index (χ3n) is 21.3. The van der Waals surface area contributed by atoms with Crippen LogP contribution >= 0.6 is 71.5 Å². The van der Waals surface area contributed by atoms with E-state index in [0.717, 1.165) is 96.5 Å². The van der Waals surface area contributed by atoms with E-state index in [4.69, 9.17) is 38.6 Å². The first-order valence-electron chi connectivity index (χ1n) is 45.4. The van der Waals surface area contributed by atoms with Crippen molar-refractivity contribution in [2.75, 3.05) is 65.4 Å². The number of thiocarbonyl (C=S) groups is 2. The SMILES string of the molecule is C=CC(=O)OCCCC.C=CC(=O)OCCOC.CCCCCCCCCCCCSC(=S)SC(CC(CC(C)C(=O)O)c1ccncc1)c1ccc(Cn2ccc(=O)[nH]c2=O)cc1.CCCCCCCCCCCCSC(=S)SC(CC(CC(CC(CC(C)C(=O)O)C(=O)OCCOC)C(=O)OCCCC)c1ccncc1)c1ccc(Cn2ccc(=O)[nH]c2=O)cc1. The largest absolute Gasteiger partial charge is 0.481 e. The number of nitrogens with one attached hydrogen (secondary N) is 2. The molecule has 0 fully saturated rings. The summed E-state index contributed by atoms with van der Waals surface area (Å²) in [6.07, 6.45) is 43.6. The molecule has 8 unspecified atom stereocenters. The highest BCUT2D eigenvalue weighted by Gasteiger charge is 2.36. The van der Waals surface area contributed by atoms with Gasteiger partial charge in [0, 0.05) is 86.2 Å². The molecule has 6 aromatic rings. The Morgan fingerprint density at radius 1 is 0.414 bits per heavy atom. The van der Waals surface area contributed by atoms with E-state index in [1.54, 1.807) is 92.8 Å². The summed E-state index contributed by atoms with van der Waals surface area (Å²) in [4.78, 5) is 133. The number of carboxylic acids is 2. The van der Waals surface area contributed by atoms with Gasteiger partial charge in [-0.25, -0.2) is 19.2 Å². The number of carboxylic acid groups (broad SMARTS) is 2. The second kappa shape index (κ2) is 71.6. The van der Waals surface area contributed by atoms with Crippen LogP contribution in [0.25, 0.3) is 0 Å². The quantitative estimate of drug-likeness (QED) is 0.00906. The molecule has 0 radical (unpaired) electrons. The molecule has 8 atom stereocenters. The molecule has 0 saturated heterocycles. The fourth-order valence-electron chi connectivity index (χ4n) is 13.8. The monoisotopic (exact) mass is 1880 g/mol. The number of esters is 4. The van der Waals surface area contributed by atoms with Gasteiger partial charge in [0.1, 0.15) is 20.3 Å². The van der Waals surface area contributed by atoms with Gasteiger partial charge in [0.25, 0.3) is 11.1 Å². The van der Waals surface area contributed by atoms with Crippen molar-refractivity contribution in [3.8, 4) is 0 Å². The number of carbonyl (C=O) groups excluding carboxylic acids is 4. The topological polar surface area (TPSA) is 334 Å². The average molecular weight is 1880 g/mol. The molecule has 0 aliphatic carbocycles. The summed E-state index contributed by atoms with van der Waals surface area (Å²) in [5.41, 5.74) is 4.17. The van der Waals surface area contributed by atoms with E-state index in [2.05, 4.69) is 73.3 Å². The molecule has 2 aromatic carbocycles. The zero-order valence-electron chi connectivity index (χ0n) is 76.7. The number of H-pyrrole nitrogens is 2. The molecule has 0 bridgehead atoms. The molecule has 708 valence electrons. The van der Waals surface area contributed by atoms with E-state index in [1.165, 1.54) is 162 Å². The van der Waals surface area contributed by atoms with Gasteiger partial charge in [0.2, 0.25) is 0 Å². The summed E-state index contributed by atoms with van der Waals surface area (Å²) in [6, 6.07) is 26.7. The minimum atomic E-state index is -1.04. The predicted molar refractivity (Wildman–Crippen MR) is 528 cm³/mol. The average Bonchev–Trinajstić information content (AvgIpc) is 0.806. The number of aromatic nitrogens is 6. The smallest absolute Gasteiger partial charge is 0.330 e. The molecule has 4 heterocycles. The van der Waals surface area contributed by atoms with Crippen LogP contribution in [0.2, 0.25) is 0 Å². The first kappa shape index (κ1) is 114. The lowest BCUT2D eigenvalue weighted by Crippen LogP contribution is -2.30. The van der Waals surface area contributed by atoms with E-state index < -0.39 is 76.0 Å². The van der Waals surface area contributed by atoms with E-state index in [1.807, 2.05) is 74.5 Å². The number of unbranched alkanes of at least 4 members (excludes halogenated alkanes) is 20. The molecule has 6 rings (SSSR count). The molecule has 0 aliphatic rings. The number of aromatic amines is 2. The summed E-state index contributed by atoms with van der Waals surface area (Å²) in [5, 5.41) is 19.4. The van der Waals surface area contributed by atoms with Crippen molar-refractivity contribution in [1.82, 2.24) is 29.1 Å². The Kier molecular flexibility index (Phi) is 63.8. The predicted octanol–water partition coefficient (Wildman–Crippen LogP) is 21.4. The summed E-state index contributed by atoms with van der Waals surface area (Å²) >= 11 is 18.7. The van der Waals surface area contributed by atoms with Crippen molar-refractivity contribution in [2.24, 2.45) is 23.7 Å². The fourth-order valence-corrected chi connectivity index (χ4v) is 19.5. The highest BCUT2D eigenvalue weighted by atomic mass is 32.2. The number of nitrogens with zero attached hydrogens (tertiary/aromatic N) is 4. The standard InChI is InChI=1S/C49H71N3O9S3.C36H49N3O4S3.C7H12O2.C6H10O3/c1-5-7-9-10-11-12-13-14-15-16-30-63-49(62)64-43(39-19-17-37(18-20-39)35-52-26-23-44(53)51-48(52)58)34-40(38-21-24-50-25-22-38)32-42(47(57)60-27-8-6-2)33-41(31-36(3)45(54)55)46(56)61-29-28-59-4;1-3-4-5-6-7-8-9-10-11-12-23-45-36(44)46-32(25-31(24-27(2)34(41)42)29-17-20-37-21-18-29)30-15-13-28(14-16-30)26-39-22-19-33(40)38-35(39)43;1-3-5-6-9-7(8)4-2;1-3-6(7)9-5-4-8-2/h17-26,36,40-43H,5-16,27-35H2,1-4H3,(H,54,55)(H,51,53,58);13-22,27,31-32H,3-12,23-26H2,1-2H3,(H,41,42)(H,38,40,43);4H,2-3,5-6H2,1H3;3H,1,4-5H2,2H3. The second-order valence-electron chi connectivity index (χ2n) is 31.7. The number of benzene rings is 2. The molecule has 4 aromatic heterocycles. The number of aliphatic carboxylic acids is 2. The van der Waals surface area contributed by atoms with Crippen molar-refractivity contribution < 1.29 is 67.4 Å².